The maximum atomic E-state index is 12.7. The maximum absolute atomic E-state index is 12.7. The Hall–Kier alpha value is -1.17. The minimum atomic E-state index is 0.302. The van der Waals surface area contributed by atoms with E-state index in [1.165, 1.54) is 25.7 Å². The van der Waals surface area contributed by atoms with Crippen LogP contribution in [0.2, 0.25) is 0 Å². The van der Waals surface area contributed by atoms with Crippen LogP contribution >= 0.6 is 12.2 Å². The van der Waals surface area contributed by atoms with E-state index >= 15 is 0 Å². The molecule has 6 heteroatoms. The van der Waals surface area contributed by atoms with Crippen LogP contribution in [0.5, 0.6) is 0 Å². The van der Waals surface area contributed by atoms with Crippen molar-refractivity contribution in [1.82, 2.24) is 19.7 Å². The quantitative estimate of drug-likeness (QED) is 0.861. The number of H-pyrrole nitrogens is 1. The fraction of sp³-hybridized carbons (Fsp3) is 0.824. The monoisotopic (exact) mass is 336 g/mol. The number of carbonyl (C=O) groups is 1. The molecule has 0 bridgehead atoms. The third-order valence-corrected chi connectivity index (χ3v) is 5.93. The molecule has 2 aliphatic rings. The summed E-state index contributed by atoms with van der Waals surface area (Å²) in [5.41, 5.74) is 0. The van der Waals surface area contributed by atoms with Crippen LogP contribution in [0, 0.1) is 16.6 Å². The Balaban J connectivity index is 1.60. The first-order valence-corrected chi connectivity index (χ1v) is 9.34. The zero-order valence-corrected chi connectivity index (χ0v) is 15.1. The van der Waals surface area contributed by atoms with E-state index in [9.17, 15) is 4.79 Å². The first-order valence-electron chi connectivity index (χ1n) is 8.93. The predicted molar refractivity (Wildman–Crippen MR) is 92.7 cm³/mol. The van der Waals surface area contributed by atoms with E-state index in [0.717, 1.165) is 44.1 Å². The molecule has 5 nitrogen and oxygen atoms in total. The standard InChI is InChI=1S/C17H28N4OS/c1-12-5-3-6-13(9-12)10-15(22)21-8-4-7-14(11-21)16-18-19-17(23)20(16)2/h12-14H,3-11H2,1-2H3,(H,19,23)/t12-,13-,14+/m0/s1. The van der Waals surface area contributed by atoms with Gasteiger partial charge in [0.2, 0.25) is 5.91 Å². The van der Waals surface area contributed by atoms with E-state index in [0.29, 0.717) is 22.5 Å². The number of likely N-dealkylation sites (tertiary alicyclic amines) is 1. The third kappa shape index (κ3) is 3.84. The van der Waals surface area contributed by atoms with Crippen LogP contribution in [0.3, 0.4) is 0 Å². The lowest BCUT2D eigenvalue weighted by Crippen LogP contribution is -2.40. The molecule has 23 heavy (non-hydrogen) atoms. The van der Waals surface area contributed by atoms with Crippen LogP contribution in [0.1, 0.15) is 63.6 Å². The Labute approximate surface area is 143 Å². The Bertz CT molecular complexity index is 608. The number of nitrogens with one attached hydrogen (secondary N) is 1. The van der Waals surface area contributed by atoms with E-state index in [1.54, 1.807) is 0 Å². The number of carbonyl (C=O) groups excluding carboxylic acids is 1. The Morgan fingerprint density at radius 1 is 1.35 bits per heavy atom. The summed E-state index contributed by atoms with van der Waals surface area (Å²) >= 11 is 5.21. The molecule has 3 rings (SSSR count). The van der Waals surface area contributed by atoms with Gasteiger partial charge in [-0.15, -0.1) is 0 Å². The van der Waals surface area contributed by atoms with E-state index < -0.39 is 0 Å². The van der Waals surface area contributed by atoms with Gasteiger partial charge in [-0.05, 0) is 49.7 Å². The summed E-state index contributed by atoms with van der Waals surface area (Å²) in [7, 11) is 1.95. The van der Waals surface area contributed by atoms with Crippen LogP contribution in [0.25, 0.3) is 0 Å². The zero-order valence-electron chi connectivity index (χ0n) is 14.3. The second-order valence-corrected chi connectivity index (χ2v) is 7.85. The Morgan fingerprint density at radius 2 is 2.17 bits per heavy atom. The molecular formula is C17H28N4OS. The number of piperidine rings is 1. The van der Waals surface area contributed by atoms with Gasteiger partial charge in [-0.3, -0.25) is 9.89 Å². The Morgan fingerprint density at radius 3 is 2.87 bits per heavy atom. The second kappa shape index (κ2) is 7.16. The van der Waals surface area contributed by atoms with Gasteiger partial charge < -0.3 is 9.47 Å². The van der Waals surface area contributed by atoms with Crippen LogP contribution in [0.15, 0.2) is 0 Å². The van der Waals surface area contributed by atoms with Gasteiger partial charge in [-0.25, -0.2) is 0 Å². The topological polar surface area (TPSA) is 53.9 Å². The van der Waals surface area contributed by atoms with Gasteiger partial charge in [0.15, 0.2) is 4.77 Å². The van der Waals surface area contributed by atoms with Crippen LogP contribution < -0.4 is 0 Å². The molecule has 0 unspecified atom stereocenters. The number of hydrogen-bond acceptors (Lipinski definition) is 3. The summed E-state index contributed by atoms with van der Waals surface area (Å²) in [6.07, 6.45) is 7.92. The number of amides is 1. The minimum absolute atomic E-state index is 0.302. The average molecular weight is 337 g/mol. The van der Waals surface area contributed by atoms with Gasteiger partial charge in [-0.1, -0.05) is 19.8 Å². The van der Waals surface area contributed by atoms with Crippen LogP contribution in [0.4, 0.5) is 0 Å². The van der Waals surface area contributed by atoms with Gasteiger partial charge in [0.05, 0.1) is 0 Å². The molecule has 1 amide bonds. The average Bonchev–Trinajstić information content (AvgIpc) is 2.87. The first kappa shape index (κ1) is 16.7. The highest BCUT2D eigenvalue weighted by atomic mass is 32.1. The van der Waals surface area contributed by atoms with E-state index in [-0.39, 0.29) is 0 Å². The highest BCUT2D eigenvalue weighted by Crippen LogP contribution is 2.32. The van der Waals surface area contributed by atoms with Crippen molar-refractivity contribution in [3.05, 3.63) is 10.6 Å². The van der Waals surface area contributed by atoms with Crippen molar-refractivity contribution < 1.29 is 4.79 Å². The van der Waals surface area contributed by atoms with E-state index in [4.69, 9.17) is 12.2 Å². The summed E-state index contributed by atoms with van der Waals surface area (Å²) in [6.45, 7) is 4.00. The summed E-state index contributed by atoms with van der Waals surface area (Å²) < 4.78 is 2.59. The highest BCUT2D eigenvalue weighted by molar-refractivity contribution is 7.71. The third-order valence-electron chi connectivity index (χ3n) is 5.56. The number of aromatic amines is 1. The molecule has 0 radical (unpaired) electrons. The maximum Gasteiger partial charge on any atom is 0.222 e. The molecule has 1 aliphatic carbocycles. The van der Waals surface area contributed by atoms with Crippen molar-refractivity contribution in [2.75, 3.05) is 13.1 Å². The molecule has 1 N–H and O–H groups in total. The van der Waals surface area contributed by atoms with Crippen molar-refractivity contribution >= 4 is 18.1 Å². The summed E-state index contributed by atoms with van der Waals surface area (Å²) in [4.78, 5) is 14.8. The molecule has 1 aromatic rings. The van der Waals surface area contributed by atoms with Crippen molar-refractivity contribution in [3.63, 3.8) is 0 Å². The molecule has 1 saturated carbocycles. The number of nitrogens with zero attached hydrogens (tertiary/aromatic N) is 3. The number of hydrogen-bond donors (Lipinski definition) is 1. The fourth-order valence-corrected chi connectivity index (χ4v) is 4.40. The molecule has 2 fully saturated rings. The molecule has 128 valence electrons. The molecule has 3 atom stereocenters. The predicted octanol–water partition coefficient (Wildman–Crippen LogP) is 3.40. The molecule has 0 spiro atoms. The number of aromatic nitrogens is 3. The second-order valence-electron chi connectivity index (χ2n) is 7.47. The normalized spacial score (nSPS) is 28.8. The lowest BCUT2D eigenvalue weighted by atomic mass is 9.80. The van der Waals surface area contributed by atoms with Crippen molar-refractivity contribution in [2.24, 2.45) is 18.9 Å². The van der Waals surface area contributed by atoms with Gasteiger partial charge in [0.25, 0.3) is 0 Å². The van der Waals surface area contributed by atoms with E-state index in [1.807, 2.05) is 11.6 Å². The van der Waals surface area contributed by atoms with Gasteiger partial charge in [0, 0.05) is 32.5 Å². The Kier molecular flexibility index (Phi) is 5.19. The lowest BCUT2D eigenvalue weighted by molar-refractivity contribution is -0.133. The zero-order chi connectivity index (χ0) is 16.4. The van der Waals surface area contributed by atoms with Crippen molar-refractivity contribution in [3.8, 4) is 0 Å². The van der Waals surface area contributed by atoms with Crippen LogP contribution in [-0.2, 0) is 11.8 Å². The molecule has 2 heterocycles. The van der Waals surface area contributed by atoms with Gasteiger partial charge in [-0.2, -0.15) is 5.10 Å². The minimum Gasteiger partial charge on any atom is -0.342 e. The molecule has 1 saturated heterocycles. The van der Waals surface area contributed by atoms with Crippen molar-refractivity contribution in [1.29, 1.82) is 0 Å². The summed E-state index contributed by atoms with van der Waals surface area (Å²) in [5.74, 6) is 3.00. The molecule has 1 aromatic heterocycles. The SMILES string of the molecule is C[C@H]1CCC[C@H](CC(=O)N2CCC[C@@H](c3n[nH]c(=S)n3C)C2)C1. The lowest BCUT2D eigenvalue weighted by Gasteiger charge is -2.34. The smallest absolute Gasteiger partial charge is 0.222 e. The van der Waals surface area contributed by atoms with Gasteiger partial charge in [0.1, 0.15) is 5.82 Å². The first-order chi connectivity index (χ1) is 11.0. The largest absolute Gasteiger partial charge is 0.342 e. The summed E-state index contributed by atoms with van der Waals surface area (Å²) in [5, 5.41) is 7.23. The number of rotatable bonds is 3. The molecule has 1 aliphatic heterocycles. The van der Waals surface area contributed by atoms with Gasteiger partial charge >= 0.3 is 0 Å². The summed E-state index contributed by atoms with van der Waals surface area (Å²) in [6, 6.07) is 0. The van der Waals surface area contributed by atoms with E-state index in [2.05, 4.69) is 22.0 Å². The highest BCUT2D eigenvalue weighted by Gasteiger charge is 2.29. The molecule has 0 aromatic carbocycles. The van der Waals surface area contributed by atoms with Crippen molar-refractivity contribution in [2.45, 2.75) is 57.8 Å². The van der Waals surface area contributed by atoms with Crippen LogP contribution in [-0.4, -0.2) is 38.7 Å². The fourth-order valence-electron chi connectivity index (χ4n) is 4.26. The molecular weight excluding hydrogens is 308 g/mol.